The summed E-state index contributed by atoms with van der Waals surface area (Å²) in [4.78, 5) is 2.39. The number of hydrogen-bond donors (Lipinski definition) is 2. The van der Waals surface area contributed by atoms with Gasteiger partial charge >= 0.3 is 0 Å². The Bertz CT molecular complexity index is 227. The van der Waals surface area contributed by atoms with Crippen LogP contribution in [-0.2, 0) is 4.74 Å². The number of hydrogen-bond acceptors (Lipinski definition) is 4. The van der Waals surface area contributed by atoms with Gasteiger partial charge < -0.3 is 15.7 Å². The summed E-state index contributed by atoms with van der Waals surface area (Å²) < 4.78 is 5.35. The largest absolute Gasteiger partial charge is 0.409 e. The molecule has 0 spiro atoms. The van der Waals surface area contributed by atoms with E-state index in [2.05, 4.69) is 17.0 Å². The molecule has 1 unspecified atom stereocenters. The molecule has 0 saturated carbocycles. The Morgan fingerprint density at radius 1 is 1.56 bits per heavy atom. The molecular formula is C11H23N3O2. The Morgan fingerprint density at radius 2 is 2.19 bits per heavy atom. The molecule has 1 heterocycles. The zero-order chi connectivity index (χ0) is 12.0. The van der Waals surface area contributed by atoms with E-state index in [4.69, 9.17) is 15.7 Å². The first kappa shape index (κ1) is 13.3. The molecule has 1 aliphatic heterocycles. The van der Waals surface area contributed by atoms with Crippen molar-refractivity contribution in [2.45, 2.75) is 32.7 Å². The van der Waals surface area contributed by atoms with Gasteiger partial charge in [0.05, 0.1) is 0 Å². The minimum absolute atomic E-state index is 0.0906. The minimum Gasteiger partial charge on any atom is -0.409 e. The summed E-state index contributed by atoms with van der Waals surface area (Å²) in [5.74, 6) is 0.401. The molecule has 16 heavy (non-hydrogen) atoms. The van der Waals surface area contributed by atoms with Crippen LogP contribution in [0.3, 0.4) is 0 Å². The topological polar surface area (TPSA) is 71.1 Å². The maximum absolute atomic E-state index is 8.63. The van der Waals surface area contributed by atoms with Crippen molar-refractivity contribution in [3.63, 3.8) is 0 Å². The molecule has 5 heteroatoms. The second kappa shape index (κ2) is 6.70. The molecule has 0 aromatic heterocycles. The van der Waals surface area contributed by atoms with E-state index in [1.807, 2.05) is 6.92 Å². The SMILES string of the molecule is CCN(CC(C)C(N)=NO)C1CCOCC1. The molecule has 1 rings (SSSR count). The first-order chi connectivity index (χ1) is 7.69. The highest BCUT2D eigenvalue weighted by molar-refractivity contribution is 5.82. The predicted molar refractivity (Wildman–Crippen MR) is 63.7 cm³/mol. The fourth-order valence-electron chi connectivity index (χ4n) is 2.13. The van der Waals surface area contributed by atoms with Gasteiger partial charge in [0.15, 0.2) is 0 Å². The summed E-state index contributed by atoms with van der Waals surface area (Å²) in [7, 11) is 0. The zero-order valence-corrected chi connectivity index (χ0v) is 10.2. The molecule has 0 radical (unpaired) electrons. The van der Waals surface area contributed by atoms with Gasteiger partial charge in [0.1, 0.15) is 5.84 Å². The fraction of sp³-hybridized carbons (Fsp3) is 0.909. The maximum Gasteiger partial charge on any atom is 0.143 e. The standard InChI is InChI=1S/C11H23N3O2/c1-3-14(8-9(2)11(12)13-15)10-4-6-16-7-5-10/h9-10,15H,3-8H2,1-2H3,(H2,12,13). The van der Waals surface area contributed by atoms with Gasteiger partial charge in [-0.25, -0.2) is 0 Å². The van der Waals surface area contributed by atoms with Crippen molar-refractivity contribution in [2.24, 2.45) is 16.8 Å². The molecule has 5 nitrogen and oxygen atoms in total. The van der Waals surface area contributed by atoms with Crippen molar-refractivity contribution >= 4 is 5.84 Å². The highest BCUT2D eigenvalue weighted by Gasteiger charge is 2.22. The Balaban J connectivity index is 2.47. The monoisotopic (exact) mass is 229 g/mol. The number of rotatable bonds is 5. The molecule has 0 aromatic rings. The van der Waals surface area contributed by atoms with E-state index < -0.39 is 0 Å². The third-order valence-electron chi connectivity index (χ3n) is 3.24. The third-order valence-corrected chi connectivity index (χ3v) is 3.24. The lowest BCUT2D eigenvalue weighted by molar-refractivity contribution is 0.0336. The Hall–Kier alpha value is -0.810. The minimum atomic E-state index is 0.0906. The number of ether oxygens (including phenoxy) is 1. The predicted octanol–water partition coefficient (Wildman–Crippen LogP) is 0.870. The molecule has 0 aliphatic carbocycles. The maximum atomic E-state index is 8.63. The molecule has 0 amide bonds. The van der Waals surface area contributed by atoms with E-state index in [0.717, 1.165) is 39.1 Å². The zero-order valence-electron chi connectivity index (χ0n) is 10.2. The van der Waals surface area contributed by atoms with Gasteiger partial charge in [0, 0.05) is 31.7 Å². The summed E-state index contributed by atoms with van der Waals surface area (Å²) in [6.07, 6.45) is 2.16. The van der Waals surface area contributed by atoms with E-state index in [9.17, 15) is 0 Å². The van der Waals surface area contributed by atoms with Crippen molar-refractivity contribution in [1.82, 2.24) is 4.90 Å². The number of oxime groups is 1. The summed E-state index contributed by atoms with van der Waals surface area (Å²) in [5, 5.41) is 11.7. The normalized spacial score (nSPS) is 21.3. The smallest absolute Gasteiger partial charge is 0.143 e. The molecular weight excluding hydrogens is 206 g/mol. The average Bonchev–Trinajstić information content (AvgIpc) is 2.35. The molecule has 3 N–H and O–H groups in total. The third kappa shape index (κ3) is 3.64. The van der Waals surface area contributed by atoms with Crippen LogP contribution in [0.5, 0.6) is 0 Å². The number of amidine groups is 1. The number of nitrogens with zero attached hydrogens (tertiary/aromatic N) is 2. The van der Waals surface area contributed by atoms with Gasteiger partial charge in [-0.1, -0.05) is 19.0 Å². The Labute approximate surface area is 97.2 Å². The van der Waals surface area contributed by atoms with Gasteiger partial charge in [-0.15, -0.1) is 0 Å². The van der Waals surface area contributed by atoms with Crippen molar-refractivity contribution in [3.05, 3.63) is 0 Å². The van der Waals surface area contributed by atoms with Crippen molar-refractivity contribution in [2.75, 3.05) is 26.3 Å². The van der Waals surface area contributed by atoms with Crippen molar-refractivity contribution < 1.29 is 9.94 Å². The number of nitrogens with two attached hydrogens (primary N) is 1. The summed E-state index contributed by atoms with van der Waals surface area (Å²) in [6, 6.07) is 0.577. The molecule has 1 atom stereocenters. The lowest BCUT2D eigenvalue weighted by Gasteiger charge is -2.34. The van der Waals surface area contributed by atoms with Crippen LogP contribution in [0.25, 0.3) is 0 Å². The first-order valence-electron chi connectivity index (χ1n) is 5.98. The van der Waals surface area contributed by atoms with Crippen LogP contribution in [-0.4, -0.2) is 48.3 Å². The van der Waals surface area contributed by atoms with Crippen LogP contribution in [0, 0.1) is 5.92 Å². The second-order valence-corrected chi connectivity index (χ2v) is 4.36. The quantitative estimate of drug-likeness (QED) is 0.317. The highest BCUT2D eigenvalue weighted by atomic mass is 16.5. The van der Waals surface area contributed by atoms with Crippen LogP contribution in [0.4, 0.5) is 0 Å². The lowest BCUT2D eigenvalue weighted by atomic mass is 10.0. The lowest BCUT2D eigenvalue weighted by Crippen LogP contribution is -2.43. The fourth-order valence-corrected chi connectivity index (χ4v) is 2.13. The van der Waals surface area contributed by atoms with Crippen LogP contribution < -0.4 is 5.73 Å². The molecule has 94 valence electrons. The second-order valence-electron chi connectivity index (χ2n) is 4.36. The van der Waals surface area contributed by atoms with E-state index >= 15 is 0 Å². The van der Waals surface area contributed by atoms with Crippen LogP contribution in [0.2, 0.25) is 0 Å². The van der Waals surface area contributed by atoms with Crippen molar-refractivity contribution in [1.29, 1.82) is 0 Å². The van der Waals surface area contributed by atoms with E-state index in [0.29, 0.717) is 11.9 Å². The molecule has 1 fully saturated rings. The molecule has 1 saturated heterocycles. The summed E-state index contributed by atoms with van der Waals surface area (Å²) in [5.41, 5.74) is 5.60. The van der Waals surface area contributed by atoms with Crippen LogP contribution in [0.1, 0.15) is 26.7 Å². The molecule has 0 bridgehead atoms. The van der Waals surface area contributed by atoms with Gasteiger partial charge in [0.25, 0.3) is 0 Å². The van der Waals surface area contributed by atoms with Gasteiger partial charge in [0.2, 0.25) is 0 Å². The molecule has 1 aliphatic rings. The molecule has 0 aromatic carbocycles. The summed E-state index contributed by atoms with van der Waals surface area (Å²) in [6.45, 7) is 7.66. The average molecular weight is 229 g/mol. The van der Waals surface area contributed by atoms with Gasteiger partial charge in [-0.05, 0) is 19.4 Å². The van der Waals surface area contributed by atoms with E-state index in [1.54, 1.807) is 0 Å². The van der Waals surface area contributed by atoms with Crippen LogP contribution in [0.15, 0.2) is 5.16 Å². The summed E-state index contributed by atoms with van der Waals surface area (Å²) >= 11 is 0. The highest BCUT2D eigenvalue weighted by Crippen LogP contribution is 2.15. The van der Waals surface area contributed by atoms with Crippen LogP contribution >= 0.6 is 0 Å². The van der Waals surface area contributed by atoms with Crippen molar-refractivity contribution in [3.8, 4) is 0 Å². The Kier molecular flexibility index (Phi) is 5.55. The first-order valence-corrected chi connectivity index (χ1v) is 5.98. The Morgan fingerprint density at radius 3 is 2.69 bits per heavy atom. The van der Waals surface area contributed by atoms with E-state index in [1.165, 1.54) is 0 Å². The van der Waals surface area contributed by atoms with E-state index in [-0.39, 0.29) is 5.92 Å². The van der Waals surface area contributed by atoms with Gasteiger partial charge in [-0.2, -0.15) is 0 Å². The van der Waals surface area contributed by atoms with Gasteiger partial charge in [-0.3, -0.25) is 4.90 Å².